The minimum atomic E-state index is 0.533. The van der Waals surface area contributed by atoms with Gasteiger partial charge in [0.25, 0.3) is 0 Å². The summed E-state index contributed by atoms with van der Waals surface area (Å²) < 4.78 is 5.07. The third-order valence-electron chi connectivity index (χ3n) is 4.02. The van der Waals surface area contributed by atoms with Crippen molar-refractivity contribution in [3.05, 3.63) is 10.5 Å². The fraction of sp³-hybridized carbons (Fsp3) is 0.667. The molecule has 1 aliphatic rings. The minimum Gasteiger partial charge on any atom is -0.328 e. The highest BCUT2D eigenvalue weighted by Crippen LogP contribution is 2.37. The second-order valence-corrected chi connectivity index (χ2v) is 5.57. The summed E-state index contributed by atoms with van der Waals surface area (Å²) in [6, 6.07) is 0.533. The number of nitrogens with zero attached hydrogens (tertiary/aromatic N) is 3. The van der Waals surface area contributed by atoms with E-state index in [1.165, 1.54) is 19.3 Å². The normalized spacial score (nSPS) is 24.9. The van der Waals surface area contributed by atoms with Crippen molar-refractivity contribution in [3.8, 4) is 0 Å². The number of nitrogens with one attached hydrogen (secondary N) is 1. The van der Waals surface area contributed by atoms with Gasteiger partial charge in [0.2, 0.25) is 0 Å². The summed E-state index contributed by atoms with van der Waals surface area (Å²) in [5.41, 5.74) is 3.26. The Kier molecular flexibility index (Phi) is 2.40. The summed E-state index contributed by atoms with van der Waals surface area (Å²) in [4.78, 5) is 3.31. The maximum Gasteiger partial charge on any atom is 0.179 e. The molecule has 5 heteroatoms. The van der Waals surface area contributed by atoms with Gasteiger partial charge in [-0.3, -0.25) is 9.25 Å². The average molecular weight is 250 g/mol. The first-order chi connectivity index (χ1) is 8.09. The molecule has 2 atom stereocenters. The molecule has 1 N–H and O–H groups in total. The second kappa shape index (κ2) is 3.70. The van der Waals surface area contributed by atoms with Crippen LogP contribution in [0.3, 0.4) is 0 Å². The van der Waals surface area contributed by atoms with Gasteiger partial charge in [-0.1, -0.05) is 13.3 Å². The Hall–Kier alpha value is -1.10. The summed E-state index contributed by atoms with van der Waals surface area (Å²) >= 11 is 5.48. The van der Waals surface area contributed by atoms with Crippen LogP contribution in [0.5, 0.6) is 0 Å². The molecule has 17 heavy (non-hydrogen) atoms. The molecule has 2 heterocycles. The Morgan fingerprint density at radius 1 is 1.41 bits per heavy atom. The molecule has 2 aromatic rings. The van der Waals surface area contributed by atoms with Gasteiger partial charge < -0.3 is 4.98 Å². The highest BCUT2D eigenvalue weighted by molar-refractivity contribution is 7.71. The molecule has 1 aliphatic carbocycles. The van der Waals surface area contributed by atoms with Gasteiger partial charge in [0.05, 0.1) is 5.69 Å². The van der Waals surface area contributed by atoms with Gasteiger partial charge >= 0.3 is 0 Å². The Bertz CT molecular complexity index is 618. The third kappa shape index (κ3) is 1.48. The molecule has 0 saturated heterocycles. The number of rotatable bonds is 1. The Morgan fingerprint density at radius 2 is 2.18 bits per heavy atom. The molecule has 92 valence electrons. The number of fused-ring (bicyclic) bond motifs is 1. The summed E-state index contributed by atoms with van der Waals surface area (Å²) in [5, 5.41) is 4.47. The number of imidazole rings is 1. The summed E-state index contributed by atoms with van der Waals surface area (Å²) in [6.45, 7) is 4.34. The van der Waals surface area contributed by atoms with E-state index in [-0.39, 0.29) is 0 Å². The van der Waals surface area contributed by atoms with E-state index in [1.54, 1.807) is 0 Å². The van der Waals surface area contributed by atoms with Crippen molar-refractivity contribution in [2.45, 2.75) is 39.2 Å². The summed E-state index contributed by atoms with van der Waals surface area (Å²) in [7, 11) is 1.99. The number of hydrogen-bond acceptors (Lipinski definition) is 2. The van der Waals surface area contributed by atoms with E-state index < -0.39 is 0 Å². The van der Waals surface area contributed by atoms with Crippen molar-refractivity contribution in [2.75, 3.05) is 0 Å². The Labute approximate surface area is 106 Å². The second-order valence-electron chi connectivity index (χ2n) is 5.18. The zero-order chi connectivity index (χ0) is 12.2. The van der Waals surface area contributed by atoms with Crippen molar-refractivity contribution in [2.24, 2.45) is 13.0 Å². The molecule has 1 saturated carbocycles. The third-order valence-corrected chi connectivity index (χ3v) is 4.32. The van der Waals surface area contributed by atoms with Crippen LogP contribution in [-0.2, 0) is 7.05 Å². The van der Waals surface area contributed by atoms with Crippen LogP contribution in [0.4, 0.5) is 0 Å². The zero-order valence-corrected chi connectivity index (χ0v) is 11.3. The lowest BCUT2D eigenvalue weighted by atomic mass is 10.1. The van der Waals surface area contributed by atoms with Crippen LogP contribution >= 0.6 is 12.2 Å². The first-order valence-corrected chi connectivity index (χ1v) is 6.64. The molecule has 0 aromatic carbocycles. The predicted molar refractivity (Wildman–Crippen MR) is 70.7 cm³/mol. The quantitative estimate of drug-likeness (QED) is 0.790. The summed E-state index contributed by atoms with van der Waals surface area (Å²) in [6.07, 6.45) is 3.83. The number of aromatic nitrogens is 4. The molecule has 0 radical (unpaired) electrons. The predicted octanol–water partition coefficient (Wildman–Crippen LogP) is 3.10. The van der Waals surface area contributed by atoms with E-state index >= 15 is 0 Å². The van der Waals surface area contributed by atoms with Crippen molar-refractivity contribution >= 4 is 23.4 Å². The van der Waals surface area contributed by atoms with Gasteiger partial charge in [0.1, 0.15) is 5.52 Å². The SMILES string of the molecule is Cc1nn(C)c2c1[nH]c(=S)n2C1CCCC1C. The lowest BCUT2D eigenvalue weighted by Crippen LogP contribution is -2.13. The van der Waals surface area contributed by atoms with Crippen LogP contribution in [0.1, 0.15) is 37.9 Å². The number of aryl methyl sites for hydroxylation is 2. The molecule has 1 fully saturated rings. The average Bonchev–Trinajstić information content (AvgIpc) is 2.87. The van der Waals surface area contributed by atoms with E-state index in [2.05, 4.69) is 21.6 Å². The van der Waals surface area contributed by atoms with E-state index in [0.717, 1.165) is 21.6 Å². The highest BCUT2D eigenvalue weighted by atomic mass is 32.1. The fourth-order valence-electron chi connectivity index (χ4n) is 3.15. The smallest absolute Gasteiger partial charge is 0.179 e. The van der Waals surface area contributed by atoms with Crippen LogP contribution < -0.4 is 0 Å². The first-order valence-electron chi connectivity index (χ1n) is 6.23. The van der Waals surface area contributed by atoms with Crippen molar-refractivity contribution < 1.29 is 0 Å². The maximum absolute atomic E-state index is 5.48. The van der Waals surface area contributed by atoms with Crippen LogP contribution in [0.2, 0.25) is 0 Å². The number of H-pyrrole nitrogens is 1. The van der Waals surface area contributed by atoms with Crippen LogP contribution in [0.25, 0.3) is 11.2 Å². The van der Waals surface area contributed by atoms with Gasteiger partial charge in [-0.2, -0.15) is 5.10 Å². The van der Waals surface area contributed by atoms with Gasteiger partial charge in [0.15, 0.2) is 10.4 Å². The molecule has 4 nitrogen and oxygen atoms in total. The van der Waals surface area contributed by atoms with Crippen LogP contribution in [-0.4, -0.2) is 19.3 Å². The van der Waals surface area contributed by atoms with Crippen molar-refractivity contribution in [1.29, 1.82) is 0 Å². The number of hydrogen-bond donors (Lipinski definition) is 1. The Morgan fingerprint density at radius 3 is 2.82 bits per heavy atom. The van der Waals surface area contributed by atoms with Gasteiger partial charge in [-0.25, -0.2) is 0 Å². The maximum atomic E-state index is 5.48. The molecule has 2 unspecified atom stereocenters. The van der Waals surface area contributed by atoms with Crippen LogP contribution in [0.15, 0.2) is 0 Å². The molecule has 2 aromatic heterocycles. The standard InChI is InChI=1S/C12H18N4S/c1-7-5-4-6-9(7)16-11-10(13-12(16)17)8(2)14-15(11)3/h7,9H,4-6H2,1-3H3,(H,13,17). The first kappa shape index (κ1) is 11.0. The zero-order valence-electron chi connectivity index (χ0n) is 10.5. The largest absolute Gasteiger partial charge is 0.328 e. The molecular weight excluding hydrogens is 232 g/mol. The lowest BCUT2D eigenvalue weighted by Gasteiger charge is -2.18. The number of aromatic amines is 1. The van der Waals surface area contributed by atoms with E-state index in [9.17, 15) is 0 Å². The van der Waals surface area contributed by atoms with Crippen molar-refractivity contribution in [3.63, 3.8) is 0 Å². The van der Waals surface area contributed by atoms with E-state index in [0.29, 0.717) is 12.0 Å². The molecule has 0 aliphatic heterocycles. The monoisotopic (exact) mass is 250 g/mol. The van der Waals surface area contributed by atoms with E-state index in [4.69, 9.17) is 12.2 Å². The van der Waals surface area contributed by atoms with Gasteiger partial charge in [0, 0.05) is 13.1 Å². The van der Waals surface area contributed by atoms with Crippen LogP contribution in [0, 0.1) is 17.6 Å². The molecule has 0 spiro atoms. The molecular formula is C12H18N4S. The Balaban J connectivity index is 2.28. The molecule has 0 amide bonds. The molecule has 3 rings (SSSR count). The van der Waals surface area contributed by atoms with Gasteiger partial charge in [-0.15, -0.1) is 0 Å². The fourth-order valence-corrected chi connectivity index (χ4v) is 3.47. The lowest BCUT2D eigenvalue weighted by molar-refractivity contribution is 0.407. The van der Waals surface area contributed by atoms with E-state index in [1.807, 2.05) is 18.7 Å². The highest BCUT2D eigenvalue weighted by Gasteiger charge is 2.28. The summed E-state index contributed by atoms with van der Waals surface area (Å²) in [5.74, 6) is 0.705. The van der Waals surface area contributed by atoms with Gasteiger partial charge in [-0.05, 0) is 37.9 Å². The molecule has 0 bridgehead atoms. The minimum absolute atomic E-state index is 0.533. The van der Waals surface area contributed by atoms with Crippen molar-refractivity contribution in [1.82, 2.24) is 19.3 Å². The topological polar surface area (TPSA) is 38.5 Å².